The Morgan fingerprint density at radius 2 is 1.23 bits per heavy atom. The summed E-state index contributed by atoms with van der Waals surface area (Å²) in [6.45, 7) is 4.31. The van der Waals surface area contributed by atoms with Crippen molar-refractivity contribution in [2.75, 3.05) is 0 Å². The SMILES string of the molecule is CCCCCCCCCCCCCCCCC(CC)OC(=O)C1CC=CCC1C(=O)O. The fourth-order valence-corrected chi connectivity index (χ4v) is 4.51. The van der Waals surface area contributed by atoms with Crippen molar-refractivity contribution in [1.82, 2.24) is 0 Å². The minimum atomic E-state index is -0.897. The predicted molar refractivity (Wildman–Crippen MR) is 128 cm³/mol. The summed E-state index contributed by atoms with van der Waals surface area (Å²) in [5.74, 6) is -2.40. The van der Waals surface area contributed by atoms with E-state index in [0.29, 0.717) is 12.8 Å². The average Bonchev–Trinajstić information content (AvgIpc) is 2.78. The smallest absolute Gasteiger partial charge is 0.310 e. The Bertz CT molecular complexity index is 499. The Morgan fingerprint density at radius 3 is 1.68 bits per heavy atom. The number of unbranched alkanes of at least 4 members (excludes halogenated alkanes) is 13. The molecule has 3 atom stereocenters. The number of carbonyl (C=O) groups is 2. The number of esters is 1. The third-order valence-corrected chi connectivity index (χ3v) is 6.67. The maximum atomic E-state index is 12.5. The second-order valence-corrected chi connectivity index (χ2v) is 9.35. The molecule has 0 aliphatic heterocycles. The first kappa shape index (κ1) is 27.7. The number of carbonyl (C=O) groups excluding carboxylic acids is 1. The highest BCUT2D eigenvalue weighted by Crippen LogP contribution is 2.28. The van der Waals surface area contributed by atoms with Gasteiger partial charge >= 0.3 is 11.9 Å². The first-order valence-electron chi connectivity index (χ1n) is 13.2. The average molecular weight is 437 g/mol. The second kappa shape index (κ2) is 18.3. The van der Waals surface area contributed by atoms with Gasteiger partial charge in [-0.3, -0.25) is 9.59 Å². The number of ether oxygens (including phenoxy) is 1. The van der Waals surface area contributed by atoms with Crippen LogP contribution in [0.15, 0.2) is 12.2 Å². The quantitative estimate of drug-likeness (QED) is 0.127. The van der Waals surface area contributed by atoms with Crippen molar-refractivity contribution in [3.63, 3.8) is 0 Å². The van der Waals surface area contributed by atoms with Crippen LogP contribution in [0.3, 0.4) is 0 Å². The zero-order valence-corrected chi connectivity index (χ0v) is 20.3. The second-order valence-electron chi connectivity index (χ2n) is 9.35. The zero-order chi connectivity index (χ0) is 22.7. The van der Waals surface area contributed by atoms with Gasteiger partial charge in [0, 0.05) is 0 Å². The summed E-state index contributed by atoms with van der Waals surface area (Å²) in [7, 11) is 0. The van der Waals surface area contributed by atoms with Gasteiger partial charge in [0.2, 0.25) is 0 Å². The summed E-state index contributed by atoms with van der Waals surface area (Å²) in [6.07, 6.45) is 25.0. The molecule has 1 aliphatic rings. The van der Waals surface area contributed by atoms with Gasteiger partial charge in [-0.15, -0.1) is 0 Å². The molecule has 0 aromatic carbocycles. The van der Waals surface area contributed by atoms with Crippen molar-refractivity contribution in [2.24, 2.45) is 11.8 Å². The van der Waals surface area contributed by atoms with Crippen molar-refractivity contribution in [3.8, 4) is 0 Å². The van der Waals surface area contributed by atoms with E-state index in [1.54, 1.807) is 0 Å². The topological polar surface area (TPSA) is 63.6 Å². The fraction of sp³-hybridized carbons (Fsp3) is 0.852. The van der Waals surface area contributed by atoms with Crippen LogP contribution in [0.5, 0.6) is 0 Å². The van der Waals surface area contributed by atoms with Crippen LogP contribution < -0.4 is 0 Å². The van der Waals surface area contributed by atoms with Crippen LogP contribution in [0, 0.1) is 11.8 Å². The highest BCUT2D eigenvalue weighted by molar-refractivity contribution is 5.81. The first-order chi connectivity index (χ1) is 15.1. The molecule has 4 nitrogen and oxygen atoms in total. The van der Waals surface area contributed by atoms with E-state index >= 15 is 0 Å². The molecule has 0 fully saturated rings. The van der Waals surface area contributed by atoms with Crippen LogP contribution in [-0.2, 0) is 14.3 Å². The number of aliphatic carboxylic acids is 1. The molecule has 1 aliphatic carbocycles. The summed E-state index contributed by atoms with van der Waals surface area (Å²) in [4.78, 5) is 23.9. The Kier molecular flexibility index (Phi) is 16.3. The third kappa shape index (κ3) is 13.0. The molecule has 1 N–H and O–H groups in total. The van der Waals surface area contributed by atoms with Gasteiger partial charge < -0.3 is 9.84 Å². The maximum Gasteiger partial charge on any atom is 0.310 e. The summed E-state index contributed by atoms with van der Waals surface area (Å²) in [5, 5.41) is 9.35. The molecular weight excluding hydrogens is 388 g/mol. The largest absolute Gasteiger partial charge is 0.481 e. The van der Waals surface area contributed by atoms with Gasteiger partial charge in [-0.25, -0.2) is 0 Å². The van der Waals surface area contributed by atoms with E-state index in [2.05, 4.69) is 6.92 Å². The Hall–Kier alpha value is -1.32. The lowest BCUT2D eigenvalue weighted by atomic mass is 9.83. The molecule has 0 saturated carbocycles. The monoisotopic (exact) mass is 436 g/mol. The maximum absolute atomic E-state index is 12.5. The normalized spacial score (nSPS) is 19.3. The minimum Gasteiger partial charge on any atom is -0.481 e. The van der Waals surface area contributed by atoms with Gasteiger partial charge in [0.1, 0.15) is 6.10 Å². The van der Waals surface area contributed by atoms with E-state index in [1.165, 1.54) is 83.5 Å². The number of hydrogen-bond donors (Lipinski definition) is 1. The molecule has 180 valence electrons. The van der Waals surface area contributed by atoms with Crippen LogP contribution in [0.4, 0.5) is 0 Å². The van der Waals surface area contributed by atoms with Crippen molar-refractivity contribution in [1.29, 1.82) is 0 Å². The molecule has 0 spiro atoms. The molecule has 0 heterocycles. The van der Waals surface area contributed by atoms with E-state index in [-0.39, 0.29) is 12.1 Å². The molecule has 0 saturated heterocycles. The Balaban J connectivity index is 2.03. The number of allylic oxidation sites excluding steroid dienone is 2. The molecule has 3 unspecified atom stereocenters. The molecule has 0 radical (unpaired) electrons. The van der Waals surface area contributed by atoms with E-state index < -0.39 is 17.8 Å². The minimum absolute atomic E-state index is 0.0785. The van der Waals surface area contributed by atoms with Crippen LogP contribution in [0.2, 0.25) is 0 Å². The molecule has 0 bridgehead atoms. The highest BCUT2D eigenvalue weighted by atomic mass is 16.5. The lowest BCUT2D eigenvalue weighted by Gasteiger charge is -2.26. The van der Waals surface area contributed by atoms with E-state index in [4.69, 9.17) is 4.74 Å². The van der Waals surface area contributed by atoms with Crippen LogP contribution in [0.1, 0.15) is 129 Å². The molecule has 0 aromatic rings. The standard InChI is InChI=1S/C27H48O4/c1-3-5-6-7-8-9-10-11-12-13-14-15-16-17-20-23(4-2)31-27(30)25-22-19-18-21-24(25)26(28)29/h18-19,23-25H,3-17,20-22H2,1-2H3,(H,28,29). The summed E-state index contributed by atoms with van der Waals surface area (Å²) in [5.41, 5.74) is 0. The van der Waals surface area contributed by atoms with Gasteiger partial charge in [-0.05, 0) is 32.1 Å². The van der Waals surface area contributed by atoms with Crippen molar-refractivity contribution in [2.45, 2.75) is 136 Å². The summed E-state index contributed by atoms with van der Waals surface area (Å²) < 4.78 is 5.70. The zero-order valence-electron chi connectivity index (χ0n) is 20.3. The number of rotatable bonds is 19. The van der Waals surface area contributed by atoms with Crippen molar-refractivity contribution in [3.05, 3.63) is 12.2 Å². The Labute approximate surface area is 191 Å². The van der Waals surface area contributed by atoms with Crippen LogP contribution >= 0.6 is 0 Å². The van der Waals surface area contributed by atoms with Crippen LogP contribution in [-0.4, -0.2) is 23.1 Å². The molecule has 0 amide bonds. The fourth-order valence-electron chi connectivity index (χ4n) is 4.51. The molecule has 4 heteroatoms. The van der Waals surface area contributed by atoms with Gasteiger partial charge in [0.15, 0.2) is 0 Å². The molecule has 0 aromatic heterocycles. The Morgan fingerprint density at radius 1 is 0.774 bits per heavy atom. The molecule has 1 rings (SSSR count). The lowest BCUT2D eigenvalue weighted by molar-refractivity contribution is -0.162. The lowest BCUT2D eigenvalue weighted by Crippen LogP contribution is -2.34. The highest BCUT2D eigenvalue weighted by Gasteiger charge is 2.35. The van der Waals surface area contributed by atoms with Gasteiger partial charge in [0.05, 0.1) is 11.8 Å². The van der Waals surface area contributed by atoms with Crippen molar-refractivity contribution < 1.29 is 19.4 Å². The third-order valence-electron chi connectivity index (χ3n) is 6.67. The van der Waals surface area contributed by atoms with Crippen molar-refractivity contribution >= 4 is 11.9 Å². The summed E-state index contributed by atoms with van der Waals surface area (Å²) in [6, 6.07) is 0. The van der Waals surface area contributed by atoms with Gasteiger partial charge in [-0.2, -0.15) is 0 Å². The van der Waals surface area contributed by atoms with Crippen LogP contribution in [0.25, 0.3) is 0 Å². The van der Waals surface area contributed by atoms with E-state index in [9.17, 15) is 14.7 Å². The number of carboxylic acids is 1. The predicted octanol–water partition coefficient (Wildman–Crippen LogP) is 7.85. The molecule has 31 heavy (non-hydrogen) atoms. The molecular formula is C27H48O4. The summed E-state index contributed by atoms with van der Waals surface area (Å²) >= 11 is 0. The van der Waals surface area contributed by atoms with E-state index in [0.717, 1.165) is 19.3 Å². The van der Waals surface area contributed by atoms with E-state index in [1.807, 2.05) is 19.1 Å². The first-order valence-corrected chi connectivity index (χ1v) is 13.2. The van der Waals surface area contributed by atoms with Gasteiger partial charge in [0.25, 0.3) is 0 Å². The number of hydrogen-bond acceptors (Lipinski definition) is 3. The van der Waals surface area contributed by atoms with Gasteiger partial charge in [-0.1, -0.05) is 109 Å². The number of carboxylic acid groups (broad SMARTS) is 1.